The van der Waals surface area contributed by atoms with Crippen LogP contribution in [0, 0.1) is 0 Å². The number of carbonyl (C=O) groups is 2. The van der Waals surface area contributed by atoms with Crippen LogP contribution in [0.1, 0.15) is 56.1 Å². The number of amides is 1. The molecule has 1 aliphatic rings. The summed E-state index contributed by atoms with van der Waals surface area (Å²) in [6.45, 7) is 6.80. The SMILES string of the molecule is CC1CCc2cc(S(=O)(=O)CCNC(=O)OC(C)(C)C)cc3c(=O)c(C(=O)[O-])cn1c23.[Na+]. The molecular weight excluding hydrogens is 447 g/mol. The number of nitrogens with one attached hydrogen (secondary N) is 1. The maximum atomic E-state index is 12.9. The van der Waals surface area contributed by atoms with E-state index in [1.54, 1.807) is 25.3 Å². The van der Waals surface area contributed by atoms with E-state index in [9.17, 15) is 27.9 Å². The monoisotopic (exact) mass is 472 g/mol. The van der Waals surface area contributed by atoms with Gasteiger partial charge in [-0.05, 0) is 58.2 Å². The molecule has 9 nitrogen and oxygen atoms in total. The van der Waals surface area contributed by atoms with Crippen LogP contribution in [0.25, 0.3) is 10.9 Å². The Balaban J connectivity index is 0.00000363. The van der Waals surface area contributed by atoms with Crippen molar-refractivity contribution >= 4 is 32.8 Å². The number of carboxylic acids is 1. The average Bonchev–Trinajstić information content (AvgIpc) is 2.63. The van der Waals surface area contributed by atoms with Gasteiger partial charge in [-0.15, -0.1) is 0 Å². The molecule has 168 valence electrons. The second-order valence-electron chi connectivity index (χ2n) is 8.68. The van der Waals surface area contributed by atoms with Gasteiger partial charge >= 0.3 is 35.7 Å². The number of pyridine rings is 1. The molecule has 32 heavy (non-hydrogen) atoms. The topological polar surface area (TPSA) is 135 Å². The Labute approximate surface area is 208 Å². The van der Waals surface area contributed by atoms with Crippen LogP contribution in [-0.2, 0) is 21.0 Å². The van der Waals surface area contributed by atoms with Crippen molar-refractivity contribution in [3.8, 4) is 0 Å². The molecule has 0 bridgehead atoms. The molecule has 1 aromatic heterocycles. The number of carbonyl (C=O) groups excluding carboxylic acids is 2. The van der Waals surface area contributed by atoms with E-state index in [-0.39, 0.29) is 52.4 Å². The molecular formula is C21H25N2NaO7S. The molecule has 0 aliphatic carbocycles. The minimum atomic E-state index is -3.86. The Kier molecular flexibility index (Phi) is 7.87. The van der Waals surface area contributed by atoms with E-state index in [4.69, 9.17) is 4.74 Å². The number of rotatable bonds is 5. The van der Waals surface area contributed by atoms with Crippen LogP contribution < -0.4 is 45.4 Å². The fourth-order valence-corrected chi connectivity index (χ4v) is 4.86. The summed E-state index contributed by atoms with van der Waals surface area (Å²) in [6, 6.07) is 2.69. The summed E-state index contributed by atoms with van der Waals surface area (Å²) in [7, 11) is -3.86. The minimum Gasteiger partial charge on any atom is -0.545 e. The van der Waals surface area contributed by atoms with Crippen LogP contribution in [0.3, 0.4) is 0 Å². The summed E-state index contributed by atoms with van der Waals surface area (Å²) in [6.07, 6.45) is 1.76. The van der Waals surface area contributed by atoms with Crippen LogP contribution >= 0.6 is 0 Å². The van der Waals surface area contributed by atoms with Gasteiger partial charge in [0, 0.05) is 24.2 Å². The van der Waals surface area contributed by atoms with Crippen molar-refractivity contribution < 1.29 is 57.4 Å². The second kappa shape index (κ2) is 9.54. The molecule has 0 fully saturated rings. The number of ether oxygens (including phenoxy) is 1. The summed E-state index contributed by atoms with van der Waals surface area (Å²) >= 11 is 0. The molecule has 0 radical (unpaired) electrons. The molecule has 0 saturated heterocycles. The molecule has 0 saturated carbocycles. The Morgan fingerprint density at radius 3 is 2.53 bits per heavy atom. The van der Waals surface area contributed by atoms with Gasteiger partial charge < -0.3 is 24.5 Å². The van der Waals surface area contributed by atoms with Crippen LogP contribution in [-0.4, -0.2) is 42.9 Å². The van der Waals surface area contributed by atoms with E-state index >= 15 is 0 Å². The standard InChI is InChI=1S/C21H26N2O7S.Na/c1-12-5-6-13-9-14(31(28,29)8-7-22-20(27)30-21(2,3)4)10-15-17(13)23(12)11-16(18(15)24)19(25)26;/h9-12H,5-8H2,1-4H3,(H,22,27)(H,25,26);/q;+1/p-1. The maximum absolute atomic E-state index is 12.9. The number of alkyl carbamates (subject to hydrolysis) is 1. The van der Waals surface area contributed by atoms with Gasteiger partial charge in [-0.2, -0.15) is 0 Å². The third kappa shape index (κ3) is 5.54. The fourth-order valence-electron chi connectivity index (χ4n) is 3.64. The Morgan fingerprint density at radius 2 is 1.94 bits per heavy atom. The molecule has 1 atom stereocenters. The Morgan fingerprint density at radius 1 is 1.28 bits per heavy atom. The van der Waals surface area contributed by atoms with Gasteiger partial charge in [0.15, 0.2) is 15.3 Å². The van der Waals surface area contributed by atoms with Crippen LogP contribution in [0.2, 0.25) is 0 Å². The predicted molar refractivity (Wildman–Crippen MR) is 112 cm³/mol. The van der Waals surface area contributed by atoms with Crippen molar-refractivity contribution in [1.82, 2.24) is 9.88 Å². The summed E-state index contributed by atoms with van der Waals surface area (Å²) in [4.78, 5) is 35.8. The predicted octanol–water partition coefficient (Wildman–Crippen LogP) is -1.83. The Bertz CT molecular complexity index is 1230. The number of nitrogens with zero attached hydrogens (tertiary/aromatic N) is 1. The molecule has 11 heteroatoms. The van der Waals surface area contributed by atoms with E-state index in [0.717, 1.165) is 0 Å². The van der Waals surface area contributed by atoms with Crippen molar-refractivity contribution in [3.63, 3.8) is 0 Å². The maximum Gasteiger partial charge on any atom is 1.00 e. The average molecular weight is 472 g/mol. The first-order valence-corrected chi connectivity index (χ1v) is 11.6. The largest absolute Gasteiger partial charge is 1.00 e. The third-order valence-corrected chi connectivity index (χ3v) is 6.80. The number of sulfone groups is 1. The quantitative estimate of drug-likeness (QED) is 0.506. The van der Waals surface area contributed by atoms with Gasteiger partial charge in [-0.3, -0.25) is 4.79 Å². The summed E-state index contributed by atoms with van der Waals surface area (Å²) in [5, 5.41) is 13.9. The van der Waals surface area contributed by atoms with E-state index in [0.29, 0.717) is 23.9 Å². The van der Waals surface area contributed by atoms with Gasteiger partial charge in [0.25, 0.3) is 0 Å². The molecule has 1 aliphatic heterocycles. The van der Waals surface area contributed by atoms with Crippen molar-refractivity contribution in [2.24, 2.45) is 0 Å². The number of hydrogen-bond acceptors (Lipinski definition) is 7. The van der Waals surface area contributed by atoms with E-state index in [2.05, 4.69) is 5.32 Å². The van der Waals surface area contributed by atoms with Gasteiger partial charge in [-0.1, -0.05) is 0 Å². The number of aromatic carboxylic acids is 1. The van der Waals surface area contributed by atoms with Gasteiger partial charge in [0.2, 0.25) is 0 Å². The first-order valence-electron chi connectivity index (χ1n) is 9.93. The van der Waals surface area contributed by atoms with Crippen LogP contribution in [0.15, 0.2) is 28.0 Å². The molecule has 3 rings (SSSR count). The van der Waals surface area contributed by atoms with Crippen molar-refractivity contribution in [3.05, 3.63) is 39.7 Å². The molecule has 1 N–H and O–H groups in total. The number of aryl methyl sites for hydroxylation is 1. The molecule has 1 amide bonds. The van der Waals surface area contributed by atoms with Gasteiger partial charge in [0.05, 0.1) is 27.7 Å². The number of benzene rings is 1. The van der Waals surface area contributed by atoms with Gasteiger partial charge in [-0.25, -0.2) is 13.2 Å². The Hall–Kier alpha value is -1.88. The molecule has 2 heterocycles. The van der Waals surface area contributed by atoms with E-state index in [1.165, 1.54) is 18.3 Å². The normalized spacial score (nSPS) is 15.7. The van der Waals surface area contributed by atoms with E-state index in [1.807, 2.05) is 6.92 Å². The third-order valence-electron chi connectivity index (χ3n) is 5.10. The molecule has 1 aromatic carbocycles. The van der Waals surface area contributed by atoms with Crippen molar-refractivity contribution in [1.29, 1.82) is 0 Å². The fraction of sp³-hybridized carbons (Fsp3) is 0.476. The molecule has 2 aromatic rings. The van der Waals surface area contributed by atoms with E-state index < -0.39 is 44.2 Å². The van der Waals surface area contributed by atoms with Crippen LogP contribution in [0.4, 0.5) is 4.79 Å². The van der Waals surface area contributed by atoms with Crippen LogP contribution in [0.5, 0.6) is 0 Å². The zero-order valence-corrected chi connectivity index (χ0v) is 21.7. The minimum absolute atomic E-state index is 0. The molecule has 1 unspecified atom stereocenters. The van der Waals surface area contributed by atoms with Crippen molar-refractivity contribution in [2.75, 3.05) is 12.3 Å². The zero-order valence-electron chi connectivity index (χ0n) is 18.9. The summed E-state index contributed by atoms with van der Waals surface area (Å²) in [5.74, 6) is -2.01. The number of carboxylic acid groups (broad SMARTS) is 1. The molecule has 0 spiro atoms. The second-order valence-corrected chi connectivity index (χ2v) is 10.8. The first kappa shape index (κ1) is 26.4. The number of hydrogen-bond donors (Lipinski definition) is 1. The first-order chi connectivity index (χ1) is 14.3. The smallest absolute Gasteiger partial charge is 0.545 e. The van der Waals surface area contributed by atoms with Gasteiger partial charge in [0.1, 0.15) is 5.60 Å². The number of aromatic nitrogens is 1. The summed E-state index contributed by atoms with van der Waals surface area (Å²) < 4.78 is 32.5. The van der Waals surface area contributed by atoms with Crippen molar-refractivity contribution in [2.45, 2.75) is 57.1 Å². The zero-order chi connectivity index (χ0) is 23.1. The summed E-state index contributed by atoms with van der Waals surface area (Å²) in [5.41, 5.74) is -0.785.